The maximum absolute atomic E-state index is 11.8. The first-order valence-corrected chi connectivity index (χ1v) is 15.6. The predicted molar refractivity (Wildman–Crippen MR) is 169 cm³/mol. The molecule has 0 fully saturated rings. The zero-order valence-corrected chi connectivity index (χ0v) is 27.7. The van der Waals surface area contributed by atoms with Crippen LogP contribution in [0.2, 0.25) is 0 Å². The van der Waals surface area contributed by atoms with Crippen molar-refractivity contribution in [2.24, 2.45) is 0 Å². The third-order valence-corrected chi connectivity index (χ3v) is 5.19. The molecule has 0 aromatic rings. The average molecular weight is 665 g/mol. The molecule has 4 amide bonds. The Morgan fingerprint density at radius 3 is 1.54 bits per heavy atom. The van der Waals surface area contributed by atoms with Gasteiger partial charge in [-0.3, -0.25) is 19.2 Å². The van der Waals surface area contributed by atoms with Crippen LogP contribution < -0.4 is 21.3 Å². The largest absolute Gasteiger partial charge is 0.480 e. The summed E-state index contributed by atoms with van der Waals surface area (Å²) in [5.74, 6) is -2.66. The van der Waals surface area contributed by atoms with Gasteiger partial charge in [0.25, 0.3) is 0 Å². The molecule has 268 valence electrons. The van der Waals surface area contributed by atoms with Crippen molar-refractivity contribution in [1.29, 1.82) is 0 Å². The van der Waals surface area contributed by atoms with E-state index in [0.717, 1.165) is 6.08 Å². The molecule has 0 saturated carbocycles. The molecule has 0 rings (SSSR count). The van der Waals surface area contributed by atoms with Gasteiger partial charge in [0.15, 0.2) is 0 Å². The van der Waals surface area contributed by atoms with Gasteiger partial charge in [-0.1, -0.05) is 26.8 Å². The van der Waals surface area contributed by atoms with Crippen LogP contribution in [0, 0.1) is 0 Å². The molecule has 1 atom stereocenters. The lowest BCUT2D eigenvalue weighted by Crippen LogP contribution is -2.41. The average Bonchev–Trinajstić information content (AvgIpc) is 3.03. The van der Waals surface area contributed by atoms with Crippen LogP contribution in [0.5, 0.6) is 0 Å². The quantitative estimate of drug-likeness (QED) is 0.0500. The van der Waals surface area contributed by atoms with E-state index in [4.69, 9.17) is 33.5 Å². The number of carboxylic acid groups (broad SMARTS) is 1. The van der Waals surface area contributed by atoms with E-state index in [9.17, 15) is 24.0 Å². The summed E-state index contributed by atoms with van der Waals surface area (Å²) in [6.45, 7) is 14.2. The summed E-state index contributed by atoms with van der Waals surface area (Å²) in [4.78, 5) is 57.6. The molecule has 1 unspecified atom stereocenters. The molecule has 0 heterocycles. The van der Waals surface area contributed by atoms with Gasteiger partial charge in [0.1, 0.15) is 12.6 Å². The van der Waals surface area contributed by atoms with Crippen LogP contribution in [0.4, 0.5) is 0 Å². The molecule has 0 aromatic carbocycles. The summed E-state index contributed by atoms with van der Waals surface area (Å²) < 4.78 is 31.7. The third-order valence-electron chi connectivity index (χ3n) is 5.19. The van der Waals surface area contributed by atoms with Crippen LogP contribution in [-0.4, -0.2) is 140 Å². The number of hydrogen-bond acceptors (Lipinski definition) is 11. The molecule has 0 aliphatic heterocycles. The van der Waals surface area contributed by atoms with Crippen LogP contribution >= 0.6 is 0 Å². The SMILES string of the molecule is C=CC(=O)NC(CCC(=O)NCCOCCOCC(=O)NCCOCCOCCC(=O)NCCOCCOCC)C(=O)O.CCC. The molecule has 0 aliphatic carbocycles. The van der Waals surface area contributed by atoms with Gasteiger partial charge in [0.2, 0.25) is 23.6 Å². The standard InChI is InChI=1S/C27H48N4O12.C3H8/c1-3-23(32)31-22(27(36)37)5-6-24(33)28-8-12-42-19-20-43-21-26(35)30-10-14-41-18-17-39-11-7-25(34)29-9-13-40-16-15-38-4-2;1-3-2/h3,22H,1,4-21H2,2H3,(H,28,33)(H,29,34)(H,30,35)(H,31,32)(H,36,37);3H2,1-2H3. The van der Waals surface area contributed by atoms with Gasteiger partial charge in [-0.15, -0.1) is 0 Å². The number of carbonyl (C=O) groups is 5. The highest BCUT2D eigenvalue weighted by molar-refractivity contribution is 5.90. The monoisotopic (exact) mass is 664 g/mol. The smallest absolute Gasteiger partial charge is 0.326 e. The van der Waals surface area contributed by atoms with E-state index >= 15 is 0 Å². The van der Waals surface area contributed by atoms with Crippen LogP contribution in [0.1, 0.15) is 46.5 Å². The van der Waals surface area contributed by atoms with Crippen molar-refractivity contribution in [3.63, 3.8) is 0 Å². The first-order valence-electron chi connectivity index (χ1n) is 15.6. The molecule has 0 spiro atoms. The number of carbonyl (C=O) groups excluding carboxylic acids is 4. The van der Waals surface area contributed by atoms with Gasteiger partial charge < -0.3 is 54.8 Å². The minimum Gasteiger partial charge on any atom is -0.480 e. The van der Waals surface area contributed by atoms with Crippen molar-refractivity contribution in [2.75, 3.05) is 98.9 Å². The molecule has 0 aliphatic rings. The number of aliphatic carboxylic acids is 1. The maximum Gasteiger partial charge on any atom is 0.326 e. The van der Waals surface area contributed by atoms with Crippen molar-refractivity contribution >= 4 is 29.6 Å². The Hall–Kier alpha value is -3.15. The zero-order chi connectivity index (χ0) is 34.7. The van der Waals surface area contributed by atoms with Crippen molar-refractivity contribution in [2.45, 2.75) is 52.5 Å². The number of rotatable bonds is 30. The summed E-state index contributed by atoms with van der Waals surface area (Å²) in [6.07, 6.45) is 2.30. The van der Waals surface area contributed by atoms with E-state index in [1.165, 1.54) is 6.42 Å². The molecule has 0 saturated heterocycles. The minimum atomic E-state index is -1.24. The van der Waals surface area contributed by atoms with E-state index in [1.54, 1.807) is 0 Å². The fraction of sp³-hybridized carbons (Fsp3) is 0.767. The van der Waals surface area contributed by atoms with E-state index in [0.29, 0.717) is 59.3 Å². The summed E-state index contributed by atoms with van der Waals surface area (Å²) in [6, 6.07) is -1.18. The lowest BCUT2D eigenvalue weighted by atomic mass is 10.1. The van der Waals surface area contributed by atoms with Gasteiger partial charge in [-0.25, -0.2) is 4.79 Å². The number of nitrogens with one attached hydrogen (secondary N) is 4. The Kier molecular flexibility index (Phi) is 33.9. The Labute approximate surface area is 272 Å². The predicted octanol–water partition coefficient (Wildman–Crippen LogP) is -0.203. The van der Waals surface area contributed by atoms with Crippen LogP contribution in [0.3, 0.4) is 0 Å². The molecule has 0 radical (unpaired) electrons. The van der Waals surface area contributed by atoms with E-state index in [-0.39, 0.29) is 76.6 Å². The Morgan fingerprint density at radius 1 is 0.630 bits per heavy atom. The molecule has 46 heavy (non-hydrogen) atoms. The van der Waals surface area contributed by atoms with E-state index in [2.05, 4.69) is 41.7 Å². The Balaban J connectivity index is 0. The van der Waals surface area contributed by atoms with Crippen molar-refractivity contribution in [3.8, 4) is 0 Å². The van der Waals surface area contributed by atoms with Gasteiger partial charge in [-0.2, -0.15) is 0 Å². The maximum atomic E-state index is 11.8. The molecule has 0 bridgehead atoms. The number of amides is 4. The highest BCUT2D eigenvalue weighted by atomic mass is 16.5. The second-order valence-corrected chi connectivity index (χ2v) is 9.35. The second-order valence-electron chi connectivity index (χ2n) is 9.35. The molecule has 5 N–H and O–H groups in total. The van der Waals surface area contributed by atoms with Crippen LogP contribution in [0.25, 0.3) is 0 Å². The normalized spacial score (nSPS) is 11.0. The summed E-state index contributed by atoms with van der Waals surface area (Å²) in [5, 5.41) is 19.3. The van der Waals surface area contributed by atoms with Crippen molar-refractivity contribution < 1.29 is 57.5 Å². The highest BCUT2D eigenvalue weighted by Crippen LogP contribution is 1.98. The Morgan fingerprint density at radius 2 is 1.07 bits per heavy atom. The first-order chi connectivity index (χ1) is 22.2. The number of ether oxygens (including phenoxy) is 6. The fourth-order valence-corrected chi connectivity index (χ4v) is 3.01. The van der Waals surface area contributed by atoms with Crippen molar-refractivity contribution in [1.82, 2.24) is 21.3 Å². The first kappa shape index (κ1) is 45.0. The summed E-state index contributed by atoms with van der Waals surface area (Å²) in [5.41, 5.74) is 0. The van der Waals surface area contributed by atoms with Crippen LogP contribution in [-0.2, 0) is 52.4 Å². The zero-order valence-electron chi connectivity index (χ0n) is 27.7. The summed E-state index contributed by atoms with van der Waals surface area (Å²) >= 11 is 0. The molecular weight excluding hydrogens is 608 g/mol. The topological polar surface area (TPSA) is 209 Å². The number of carboxylic acids is 1. The van der Waals surface area contributed by atoms with E-state index in [1.807, 2.05) is 6.92 Å². The minimum absolute atomic E-state index is 0.0621. The lowest BCUT2D eigenvalue weighted by molar-refractivity contribution is -0.141. The molecule has 0 aromatic heterocycles. The second kappa shape index (κ2) is 34.7. The number of hydrogen-bond donors (Lipinski definition) is 5. The third kappa shape index (κ3) is 33.7. The summed E-state index contributed by atoms with van der Waals surface area (Å²) in [7, 11) is 0. The van der Waals surface area contributed by atoms with Gasteiger partial charge >= 0.3 is 5.97 Å². The molecule has 16 nitrogen and oxygen atoms in total. The molecular formula is C30H56N4O12. The van der Waals surface area contributed by atoms with Crippen LogP contribution in [0.15, 0.2) is 12.7 Å². The molecule has 16 heteroatoms. The fourth-order valence-electron chi connectivity index (χ4n) is 3.01. The Bertz CT molecular complexity index is 817. The van der Waals surface area contributed by atoms with E-state index < -0.39 is 17.9 Å². The lowest BCUT2D eigenvalue weighted by Gasteiger charge is -2.13. The highest BCUT2D eigenvalue weighted by Gasteiger charge is 2.19. The van der Waals surface area contributed by atoms with Gasteiger partial charge in [-0.05, 0) is 19.4 Å². The van der Waals surface area contributed by atoms with Crippen molar-refractivity contribution in [3.05, 3.63) is 12.7 Å². The van der Waals surface area contributed by atoms with Gasteiger partial charge in [0.05, 0.1) is 66.1 Å². The van der Waals surface area contributed by atoms with Gasteiger partial charge in [0, 0.05) is 39.1 Å².